The van der Waals surface area contributed by atoms with E-state index in [1.807, 2.05) is 42.1 Å². The van der Waals surface area contributed by atoms with Crippen LogP contribution in [0.15, 0.2) is 60.9 Å². The zero-order valence-electron chi connectivity index (χ0n) is 16.5. The maximum absolute atomic E-state index is 13.0. The fourth-order valence-corrected chi connectivity index (χ4v) is 3.85. The Hall–Kier alpha value is -3.13. The number of methoxy groups -OCH3 is 1. The number of hydrogen-bond donors (Lipinski definition) is 1. The smallest absolute Gasteiger partial charge is 0.252 e. The fourth-order valence-electron chi connectivity index (χ4n) is 3.07. The van der Waals surface area contributed by atoms with Crippen molar-refractivity contribution in [3.8, 4) is 5.75 Å². The summed E-state index contributed by atoms with van der Waals surface area (Å²) in [5.74, 6) is 0.960. The van der Waals surface area contributed by atoms with E-state index in [9.17, 15) is 13.2 Å². The Morgan fingerprint density at radius 1 is 1.21 bits per heavy atom. The average molecular weight is 413 g/mol. The van der Waals surface area contributed by atoms with Crippen molar-refractivity contribution in [1.82, 2.24) is 14.9 Å². The number of carbonyl (C=O) groups is 1. The van der Waals surface area contributed by atoms with Crippen LogP contribution < -0.4 is 10.1 Å². The Morgan fingerprint density at radius 2 is 1.93 bits per heavy atom. The Bertz CT molecular complexity index is 1100. The summed E-state index contributed by atoms with van der Waals surface area (Å²) in [6.07, 6.45) is 4.65. The summed E-state index contributed by atoms with van der Waals surface area (Å²) in [7, 11) is 0.262. The van der Waals surface area contributed by atoms with Gasteiger partial charge < -0.3 is 14.6 Å². The number of benzene rings is 2. The standard InChI is InChI=1S/C21H23N3O4S/c1-24-12-11-22-20(24)19(16-7-9-18(28-2)10-8-16)23-21(25)17-6-4-5-15(13-17)14-29(3,26)27/h4-13,19H,14H2,1-3H3,(H,23,25). The molecular formula is C21H23N3O4S. The molecule has 3 aromatic rings. The monoisotopic (exact) mass is 413 g/mol. The van der Waals surface area contributed by atoms with Crippen LogP contribution >= 0.6 is 0 Å². The summed E-state index contributed by atoms with van der Waals surface area (Å²) in [4.78, 5) is 17.3. The molecule has 1 unspecified atom stereocenters. The molecule has 1 N–H and O–H groups in total. The van der Waals surface area contributed by atoms with Gasteiger partial charge in [-0.2, -0.15) is 0 Å². The highest BCUT2D eigenvalue weighted by Gasteiger charge is 2.22. The molecule has 3 rings (SSSR count). The van der Waals surface area contributed by atoms with Crippen LogP contribution in [0.4, 0.5) is 0 Å². The minimum absolute atomic E-state index is 0.116. The lowest BCUT2D eigenvalue weighted by atomic mass is 10.0. The number of sulfone groups is 1. The SMILES string of the molecule is COc1ccc(C(NC(=O)c2cccc(CS(C)(=O)=O)c2)c2nccn2C)cc1. The summed E-state index contributed by atoms with van der Waals surface area (Å²) in [5, 5.41) is 3.01. The number of nitrogens with one attached hydrogen (secondary N) is 1. The summed E-state index contributed by atoms with van der Waals surface area (Å²) < 4.78 is 30.2. The van der Waals surface area contributed by atoms with Gasteiger partial charge in [0.2, 0.25) is 0 Å². The first kappa shape index (κ1) is 20.6. The number of rotatable bonds is 7. The van der Waals surface area contributed by atoms with Crippen LogP contribution in [0, 0.1) is 0 Å². The molecule has 0 saturated carbocycles. The van der Waals surface area contributed by atoms with E-state index in [1.54, 1.807) is 37.6 Å². The highest BCUT2D eigenvalue weighted by Crippen LogP contribution is 2.23. The Labute approximate surface area is 170 Å². The van der Waals surface area contributed by atoms with E-state index in [4.69, 9.17) is 4.74 Å². The normalized spacial score (nSPS) is 12.4. The minimum atomic E-state index is -3.19. The number of carbonyl (C=O) groups excluding carboxylic acids is 1. The van der Waals surface area contributed by atoms with Gasteiger partial charge in [0.1, 0.15) is 17.6 Å². The van der Waals surface area contributed by atoms with Crippen molar-refractivity contribution in [2.45, 2.75) is 11.8 Å². The molecule has 0 bridgehead atoms. The van der Waals surface area contributed by atoms with Crippen LogP contribution in [-0.4, -0.2) is 37.2 Å². The maximum Gasteiger partial charge on any atom is 0.252 e. The molecule has 0 aliphatic heterocycles. The molecule has 152 valence electrons. The van der Waals surface area contributed by atoms with Crippen LogP contribution in [0.3, 0.4) is 0 Å². The van der Waals surface area contributed by atoms with Crippen molar-refractivity contribution in [1.29, 1.82) is 0 Å². The first-order valence-corrected chi connectivity index (χ1v) is 11.0. The average Bonchev–Trinajstić information content (AvgIpc) is 3.10. The van der Waals surface area contributed by atoms with Crippen LogP contribution in [0.2, 0.25) is 0 Å². The first-order valence-electron chi connectivity index (χ1n) is 8.95. The summed E-state index contributed by atoms with van der Waals surface area (Å²) in [6.45, 7) is 0. The van der Waals surface area contributed by atoms with Gasteiger partial charge in [0.15, 0.2) is 9.84 Å². The van der Waals surface area contributed by atoms with E-state index in [-0.39, 0.29) is 11.7 Å². The fraction of sp³-hybridized carbons (Fsp3) is 0.238. The number of nitrogens with zero attached hydrogens (tertiary/aromatic N) is 2. The van der Waals surface area contributed by atoms with E-state index in [0.717, 1.165) is 5.56 Å². The van der Waals surface area contributed by atoms with Crippen molar-refractivity contribution in [3.05, 3.63) is 83.4 Å². The summed E-state index contributed by atoms with van der Waals surface area (Å²) in [6, 6.07) is 13.5. The van der Waals surface area contributed by atoms with Crippen molar-refractivity contribution in [2.24, 2.45) is 7.05 Å². The Balaban J connectivity index is 1.91. The van der Waals surface area contributed by atoms with Gasteiger partial charge >= 0.3 is 0 Å². The van der Waals surface area contributed by atoms with Crippen LogP contribution in [0.5, 0.6) is 5.75 Å². The lowest BCUT2D eigenvalue weighted by Gasteiger charge is -2.20. The van der Waals surface area contributed by atoms with Gasteiger partial charge in [0.25, 0.3) is 5.91 Å². The number of imidazole rings is 1. The number of amides is 1. The molecule has 2 aromatic carbocycles. The van der Waals surface area contributed by atoms with Crippen molar-refractivity contribution in [3.63, 3.8) is 0 Å². The molecule has 1 heterocycles. The van der Waals surface area contributed by atoms with Gasteiger partial charge in [-0.1, -0.05) is 24.3 Å². The lowest BCUT2D eigenvalue weighted by Crippen LogP contribution is -2.31. The molecule has 1 atom stereocenters. The van der Waals surface area contributed by atoms with E-state index in [2.05, 4.69) is 10.3 Å². The number of ether oxygens (including phenoxy) is 1. The lowest BCUT2D eigenvalue weighted by molar-refractivity contribution is 0.0941. The summed E-state index contributed by atoms with van der Waals surface area (Å²) in [5.41, 5.74) is 1.80. The molecule has 0 fully saturated rings. The van der Waals surface area contributed by atoms with E-state index < -0.39 is 15.9 Å². The third-order valence-corrected chi connectivity index (χ3v) is 5.32. The molecule has 0 radical (unpaired) electrons. The predicted molar refractivity (Wildman–Crippen MR) is 111 cm³/mol. The predicted octanol–water partition coefficient (Wildman–Crippen LogP) is 2.49. The Morgan fingerprint density at radius 3 is 2.52 bits per heavy atom. The van der Waals surface area contributed by atoms with Gasteiger partial charge in [-0.15, -0.1) is 0 Å². The molecular weight excluding hydrogens is 390 g/mol. The molecule has 1 amide bonds. The zero-order chi connectivity index (χ0) is 21.0. The minimum Gasteiger partial charge on any atom is -0.497 e. The highest BCUT2D eigenvalue weighted by molar-refractivity contribution is 7.89. The van der Waals surface area contributed by atoms with Gasteiger partial charge in [0, 0.05) is 31.3 Å². The van der Waals surface area contributed by atoms with E-state index in [0.29, 0.717) is 22.7 Å². The van der Waals surface area contributed by atoms with Gasteiger partial charge in [-0.3, -0.25) is 4.79 Å². The van der Waals surface area contributed by atoms with Crippen LogP contribution in [0.25, 0.3) is 0 Å². The number of hydrogen-bond acceptors (Lipinski definition) is 5. The van der Waals surface area contributed by atoms with Crippen molar-refractivity contribution < 1.29 is 17.9 Å². The molecule has 0 aliphatic rings. The van der Waals surface area contributed by atoms with Crippen molar-refractivity contribution in [2.75, 3.05) is 13.4 Å². The quantitative estimate of drug-likeness (QED) is 0.643. The van der Waals surface area contributed by atoms with Crippen LogP contribution in [0.1, 0.15) is 33.4 Å². The van der Waals surface area contributed by atoms with Crippen LogP contribution in [-0.2, 0) is 22.6 Å². The molecule has 0 aliphatic carbocycles. The largest absolute Gasteiger partial charge is 0.497 e. The molecule has 0 saturated heterocycles. The zero-order valence-corrected chi connectivity index (χ0v) is 17.3. The summed E-state index contributed by atoms with van der Waals surface area (Å²) >= 11 is 0. The third kappa shape index (κ3) is 5.23. The van der Waals surface area contributed by atoms with Gasteiger partial charge in [-0.05, 0) is 35.4 Å². The Kier molecular flexibility index (Phi) is 6.03. The highest BCUT2D eigenvalue weighted by atomic mass is 32.2. The second kappa shape index (κ2) is 8.48. The molecule has 29 heavy (non-hydrogen) atoms. The first-order chi connectivity index (χ1) is 13.8. The second-order valence-corrected chi connectivity index (χ2v) is 8.99. The molecule has 1 aromatic heterocycles. The molecule has 0 spiro atoms. The van der Waals surface area contributed by atoms with Gasteiger partial charge in [0.05, 0.1) is 12.9 Å². The van der Waals surface area contributed by atoms with Crippen molar-refractivity contribution >= 4 is 15.7 Å². The topological polar surface area (TPSA) is 90.3 Å². The molecule has 7 nitrogen and oxygen atoms in total. The third-order valence-electron chi connectivity index (χ3n) is 4.46. The number of aryl methyl sites for hydroxylation is 1. The second-order valence-electron chi connectivity index (χ2n) is 6.85. The van der Waals surface area contributed by atoms with E-state index in [1.165, 1.54) is 6.26 Å². The number of aromatic nitrogens is 2. The van der Waals surface area contributed by atoms with Gasteiger partial charge in [-0.25, -0.2) is 13.4 Å². The maximum atomic E-state index is 13.0. The molecule has 8 heteroatoms. The van der Waals surface area contributed by atoms with E-state index >= 15 is 0 Å².